The van der Waals surface area contributed by atoms with Gasteiger partial charge in [-0.3, -0.25) is 14.6 Å². The minimum Gasteiger partial charge on any atom is -0.494 e. The van der Waals surface area contributed by atoms with Crippen molar-refractivity contribution in [3.8, 4) is 22.9 Å². The molecule has 5 aromatic rings. The number of benzene rings is 2. The Morgan fingerprint density at radius 3 is 2.33 bits per heavy atom. The van der Waals surface area contributed by atoms with Crippen LogP contribution in [0.3, 0.4) is 0 Å². The van der Waals surface area contributed by atoms with E-state index in [2.05, 4.69) is 74.6 Å². The van der Waals surface area contributed by atoms with E-state index in [1.807, 2.05) is 36.3 Å². The second-order valence-corrected chi connectivity index (χ2v) is 19.1. The monoisotopic (exact) mass is 825 g/mol. The number of nitrogens with one attached hydrogen (secondary N) is 2. The molecule has 1 saturated carbocycles. The lowest BCUT2D eigenvalue weighted by Gasteiger charge is -2.30. The van der Waals surface area contributed by atoms with Gasteiger partial charge >= 0.3 is 0 Å². The van der Waals surface area contributed by atoms with Crippen LogP contribution >= 0.6 is 23.1 Å². The Balaban J connectivity index is 1.15. The van der Waals surface area contributed by atoms with Gasteiger partial charge in [-0.2, -0.15) is 15.3 Å². The number of ether oxygens (including phenoxy) is 1. The molecule has 0 spiro atoms. The quantitative estimate of drug-likeness (QED) is 0.131. The standard InChI is InChI=1S/C40H49BrN11O2P/c1-50-25-28(23-46-50)29-21-33(35(54-2)22-34(29)52-19-9-5-7-17-51(18-8-6-10-20-52)27-40(26-42)13-14-40)48-39-45-24-30(41)38(49-39)47-32-12-11-31-36(44-16-15-43-31)37(32)55(3,4)53/h11-12,15-16,21-25H,5-10,13-14,17-20,27H2,1-4H3,(H2,45,47,48,49). The minimum absolute atomic E-state index is 0.0893. The van der Waals surface area contributed by atoms with Crippen LogP contribution in [0.2, 0.25) is 0 Å². The maximum atomic E-state index is 13.6. The van der Waals surface area contributed by atoms with Gasteiger partial charge in [0.25, 0.3) is 0 Å². The SMILES string of the molecule is COc1cc(N2CCCCCN(CC3(C#N)CC3)CCCCC2)c(-c2cnn(C)c2)cc1Nc1ncc(Br)c(Nc2ccc3nccnc3c2P(C)(C)=O)n1. The first-order valence-corrected chi connectivity index (χ1v) is 22.4. The Bertz CT molecular complexity index is 2230. The molecule has 4 heterocycles. The molecule has 2 N–H and O–H groups in total. The molecule has 0 amide bonds. The Kier molecular flexibility index (Phi) is 11.7. The van der Waals surface area contributed by atoms with E-state index in [0.717, 1.165) is 101 Å². The summed E-state index contributed by atoms with van der Waals surface area (Å²) in [5, 5.41) is 21.6. The molecule has 2 aromatic carbocycles. The van der Waals surface area contributed by atoms with Crippen LogP contribution in [-0.2, 0) is 11.6 Å². The molecule has 288 valence electrons. The lowest BCUT2D eigenvalue weighted by atomic mass is 10.0. The van der Waals surface area contributed by atoms with Gasteiger partial charge < -0.3 is 29.7 Å². The number of nitrogens with zero attached hydrogens (tertiary/aromatic N) is 9. The number of anilines is 5. The highest BCUT2D eigenvalue weighted by atomic mass is 79.9. The number of aromatic nitrogens is 6. The summed E-state index contributed by atoms with van der Waals surface area (Å²) in [6, 6.07) is 10.5. The first-order chi connectivity index (χ1) is 26.6. The van der Waals surface area contributed by atoms with Crippen LogP contribution in [0, 0.1) is 16.7 Å². The summed E-state index contributed by atoms with van der Waals surface area (Å²) >= 11 is 3.61. The topological polar surface area (TPSA) is 150 Å². The number of fused-ring (bicyclic) bond motifs is 1. The third-order valence-electron chi connectivity index (χ3n) is 10.5. The van der Waals surface area contributed by atoms with Gasteiger partial charge in [0, 0.05) is 74.3 Å². The molecule has 0 atom stereocenters. The van der Waals surface area contributed by atoms with E-state index in [-0.39, 0.29) is 5.41 Å². The highest BCUT2D eigenvalue weighted by Gasteiger charge is 2.44. The summed E-state index contributed by atoms with van der Waals surface area (Å²) in [6.07, 6.45) is 17.6. The van der Waals surface area contributed by atoms with Gasteiger partial charge in [-0.15, -0.1) is 0 Å². The lowest BCUT2D eigenvalue weighted by Crippen LogP contribution is -2.33. The summed E-state index contributed by atoms with van der Waals surface area (Å²) < 4.78 is 22.1. The Morgan fingerprint density at radius 1 is 0.945 bits per heavy atom. The largest absolute Gasteiger partial charge is 0.494 e. The first-order valence-electron chi connectivity index (χ1n) is 19.0. The fourth-order valence-corrected chi connectivity index (χ4v) is 9.14. The molecule has 2 aliphatic rings. The van der Waals surface area contributed by atoms with Crippen molar-refractivity contribution in [2.45, 2.75) is 51.4 Å². The number of nitriles is 1. The van der Waals surface area contributed by atoms with Crippen molar-refractivity contribution < 1.29 is 9.30 Å². The van der Waals surface area contributed by atoms with Crippen LogP contribution < -0.4 is 25.6 Å². The summed E-state index contributed by atoms with van der Waals surface area (Å²) in [5.41, 5.74) is 5.69. The molecule has 3 aromatic heterocycles. The summed E-state index contributed by atoms with van der Waals surface area (Å²) in [5.74, 6) is 1.53. The molecule has 1 aliphatic carbocycles. The van der Waals surface area contributed by atoms with Crippen molar-refractivity contribution in [3.63, 3.8) is 0 Å². The second-order valence-electron chi connectivity index (χ2n) is 15.1. The molecule has 0 radical (unpaired) electrons. The van der Waals surface area contributed by atoms with Crippen molar-refractivity contribution >= 4 is 68.2 Å². The highest BCUT2D eigenvalue weighted by Crippen LogP contribution is 2.46. The molecule has 1 aliphatic heterocycles. The molecule has 13 nitrogen and oxygen atoms in total. The molecule has 1 saturated heterocycles. The van der Waals surface area contributed by atoms with E-state index in [1.165, 1.54) is 0 Å². The zero-order valence-electron chi connectivity index (χ0n) is 32.1. The van der Waals surface area contributed by atoms with E-state index >= 15 is 0 Å². The predicted octanol–water partition coefficient (Wildman–Crippen LogP) is 8.09. The third kappa shape index (κ3) is 9.12. The normalized spacial score (nSPS) is 16.8. The summed E-state index contributed by atoms with van der Waals surface area (Å²) in [4.78, 5) is 23.4. The van der Waals surface area contributed by atoms with Gasteiger partial charge in [-0.05, 0) is 99.1 Å². The van der Waals surface area contributed by atoms with Gasteiger partial charge in [-0.25, -0.2) is 4.98 Å². The molecule has 0 bridgehead atoms. The highest BCUT2D eigenvalue weighted by molar-refractivity contribution is 9.10. The number of hydrogen-bond donors (Lipinski definition) is 2. The Morgan fingerprint density at radius 2 is 1.67 bits per heavy atom. The lowest BCUT2D eigenvalue weighted by molar-refractivity contribution is 0.231. The molecule has 15 heteroatoms. The Labute approximate surface area is 331 Å². The molecule has 55 heavy (non-hydrogen) atoms. The van der Waals surface area contributed by atoms with Crippen LogP contribution in [0.15, 0.2) is 59.7 Å². The minimum atomic E-state index is -2.78. The van der Waals surface area contributed by atoms with Crippen LogP contribution in [0.1, 0.15) is 51.4 Å². The fraction of sp³-hybridized carbons (Fsp3) is 0.450. The van der Waals surface area contributed by atoms with Crippen molar-refractivity contribution in [3.05, 3.63) is 59.7 Å². The predicted molar refractivity (Wildman–Crippen MR) is 224 cm³/mol. The second kappa shape index (κ2) is 16.7. The van der Waals surface area contributed by atoms with Crippen LogP contribution in [0.5, 0.6) is 5.75 Å². The number of hydrogen-bond acceptors (Lipinski definition) is 12. The maximum Gasteiger partial charge on any atom is 0.229 e. The van der Waals surface area contributed by atoms with Crippen molar-refractivity contribution in [1.29, 1.82) is 5.26 Å². The molecule has 0 unspecified atom stereocenters. The van der Waals surface area contributed by atoms with Crippen LogP contribution in [0.25, 0.3) is 22.2 Å². The van der Waals surface area contributed by atoms with E-state index in [9.17, 15) is 9.83 Å². The summed E-state index contributed by atoms with van der Waals surface area (Å²) in [6.45, 7) is 8.37. The number of rotatable bonds is 10. The van der Waals surface area contributed by atoms with E-state index in [1.54, 1.807) is 39.0 Å². The number of methoxy groups -OCH3 is 1. The zero-order valence-corrected chi connectivity index (χ0v) is 34.5. The average molecular weight is 827 g/mol. The fourth-order valence-electron chi connectivity index (χ4n) is 7.46. The molecule has 7 rings (SSSR count). The molecular weight excluding hydrogens is 777 g/mol. The first kappa shape index (κ1) is 38.7. The van der Waals surface area contributed by atoms with Crippen LogP contribution in [0.4, 0.5) is 28.8 Å². The molecule has 2 fully saturated rings. The van der Waals surface area contributed by atoms with E-state index in [4.69, 9.17) is 9.72 Å². The van der Waals surface area contributed by atoms with E-state index < -0.39 is 7.14 Å². The zero-order chi connectivity index (χ0) is 38.6. The van der Waals surface area contributed by atoms with Crippen LogP contribution in [-0.4, -0.2) is 87.8 Å². The van der Waals surface area contributed by atoms with Gasteiger partial charge in [-0.1, -0.05) is 12.8 Å². The van der Waals surface area contributed by atoms with Crippen molar-refractivity contribution in [2.75, 3.05) is 68.7 Å². The average Bonchev–Trinajstić information content (AvgIpc) is 3.81. The maximum absolute atomic E-state index is 13.6. The number of halogens is 1. The van der Waals surface area contributed by atoms with Crippen molar-refractivity contribution in [2.24, 2.45) is 12.5 Å². The van der Waals surface area contributed by atoms with Gasteiger partial charge in [0.05, 0.1) is 51.5 Å². The summed E-state index contributed by atoms with van der Waals surface area (Å²) in [7, 11) is 0.832. The van der Waals surface area contributed by atoms with Gasteiger partial charge in [0.1, 0.15) is 24.2 Å². The van der Waals surface area contributed by atoms with Crippen molar-refractivity contribution in [1.82, 2.24) is 34.6 Å². The smallest absolute Gasteiger partial charge is 0.229 e. The Hall–Kier alpha value is -4.57. The third-order valence-corrected chi connectivity index (χ3v) is 12.6. The number of aryl methyl sites for hydroxylation is 1. The molecular formula is C40H49BrN11O2P. The van der Waals surface area contributed by atoms with E-state index in [0.29, 0.717) is 49.7 Å². The van der Waals surface area contributed by atoms with Gasteiger partial charge in [0.15, 0.2) is 0 Å². The van der Waals surface area contributed by atoms with Gasteiger partial charge in [0.2, 0.25) is 5.95 Å².